The normalized spacial score (nSPS) is 9.81. The zero-order valence-electron chi connectivity index (χ0n) is 12.4. The smallest absolute Gasteiger partial charge is 0.249 e. The van der Waals surface area contributed by atoms with E-state index < -0.39 is 5.91 Å². The Bertz CT molecular complexity index is 478. The predicted molar refractivity (Wildman–Crippen MR) is 87.7 cm³/mol. The maximum atomic E-state index is 11.8. The molecule has 5 N–H and O–H groups in total. The van der Waals surface area contributed by atoms with Gasteiger partial charge in [-0.2, -0.15) is 0 Å². The average molecular weight is 314 g/mol. The first-order valence-corrected chi connectivity index (χ1v) is 6.95. The molecule has 0 aromatic heterocycles. The highest BCUT2D eigenvalue weighted by atomic mass is 35.5. The minimum atomic E-state index is -0.486. The summed E-state index contributed by atoms with van der Waals surface area (Å²) in [4.78, 5) is 23.0. The third-order valence-electron chi connectivity index (χ3n) is 3.14. The molecule has 0 aliphatic rings. The van der Waals surface area contributed by atoms with Gasteiger partial charge in [0, 0.05) is 17.7 Å². The van der Waals surface area contributed by atoms with Gasteiger partial charge in [0.15, 0.2) is 0 Å². The summed E-state index contributed by atoms with van der Waals surface area (Å²) in [5, 5.41) is 2.78. The van der Waals surface area contributed by atoms with Gasteiger partial charge in [0.1, 0.15) is 0 Å². The number of amides is 2. The van der Waals surface area contributed by atoms with Gasteiger partial charge in [-0.3, -0.25) is 9.59 Å². The van der Waals surface area contributed by atoms with Crippen molar-refractivity contribution < 1.29 is 9.59 Å². The van der Waals surface area contributed by atoms with Gasteiger partial charge < -0.3 is 16.8 Å². The third-order valence-corrected chi connectivity index (χ3v) is 3.14. The highest BCUT2D eigenvalue weighted by Gasteiger charge is 2.08. The maximum Gasteiger partial charge on any atom is 0.249 e. The molecule has 1 aromatic carbocycles. The van der Waals surface area contributed by atoms with E-state index in [1.54, 1.807) is 18.2 Å². The first-order chi connectivity index (χ1) is 9.54. The molecule has 0 spiro atoms. The molecule has 118 valence electrons. The van der Waals surface area contributed by atoms with Crippen LogP contribution in [0.15, 0.2) is 18.2 Å². The SMILES string of the molecule is Cc1ccc(NC(=O)CCCCCCN)cc1C(N)=O.Cl. The molecule has 0 radical (unpaired) electrons. The van der Waals surface area contributed by atoms with Crippen molar-refractivity contribution in [2.24, 2.45) is 11.5 Å². The van der Waals surface area contributed by atoms with Crippen molar-refractivity contribution in [3.63, 3.8) is 0 Å². The largest absolute Gasteiger partial charge is 0.366 e. The summed E-state index contributed by atoms with van der Waals surface area (Å²) >= 11 is 0. The van der Waals surface area contributed by atoms with Crippen LogP contribution in [0.1, 0.15) is 48.0 Å². The molecule has 1 rings (SSSR count). The summed E-state index contributed by atoms with van der Waals surface area (Å²) < 4.78 is 0. The van der Waals surface area contributed by atoms with E-state index >= 15 is 0 Å². The van der Waals surface area contributed by atoms with Crippen molar-refractivity contribution in [1.29, 1.82) is 0 Å². The second kappa shape index (κ2) is 10.2. The number of unbranched alkanes of at least 4 members (excludes halogenated alkanes) is 3. The van der Waals surface area contributed by atoms with Crippen molar-refractivity contribution in [2.45, 2.75) is 39.0 Å². The van der Waals surface area contributed by atoms with Crippen LogP contribution in [0.5, 0.6) is 0 Å². The zero-order chi connectivity index (χ0) is 15.0. The van der Waals surface area contributed by atoms with Gasteiger partial charge in [-0.05, 0) is 44.0 Å². The van der Waals surface area contributed by atoms with Crippen LogP contribution in [-0.4, -0.2) is 18.4 Å². The van der Waals surface area contributed by atoms with Gasteiger partial charge in [0.2, 0.25) is 11.8 Å². The Hall–Kier alpha value is -1.59. The lowest BCUT2D eigenvalue weighted by Gasteiger charge is -2.08. The number of halogens is 1. The molecular formula is C15H24ClN3O2. The summed E-state index contributed by atoms with van der Waals surface area (Å²) in [5.74, 6) is -0.530. The number of carbonyl (C=O) groups excluding carboxylic acids is 2. The fourth-order valence-corrected chi connectivity index (χ4v) is 1.97. The molecule has 6 heteroatoms. The van der Waals surface area contributed by atoms with E-state index in [1.807, 2.05) is 6.92 Å². The molecule has 0 atom stereocenters. The van der Waals surface area contributed by atoms with Gasteiger partial charge in [-0.25, -0.2) is 0 Å². The molecule has 0 unspecified atom stereocenters. The molecule has 0 heterocycles. The van der Waals surface area contributed by atoms with Crippen LogP contribution < -0.4 is 16.8 Å². The Kier molecular flexibility index (Phi) is 9.41. The van der Waals surface area contributed by atoms with E-state index in [-0.39, 0.29) is 18.3 Å². The van der Waals surface area contributed by atoms with Crippen molar-refractivity contribution in [3.8, 4) is 0 Å². The minimum absolute atomic E-state index is 0. The topological polar surface area (TPSA) is 98.2 Å². The lowest BCUT2D eigenvalue weighted by atomic mass is 10.1. The summed E-state index contributed by atoms with van der Waals surface area (Å²) in [6, 6.07) is 5.16. The van der Waals surface area contributed by atoms with Crippen LogP contribution >= 0.6 is 12.4 Å². The molecule has 21 heavy (non-hydrogen) atoms. The number of carbonyl (C=O) groups is 2. The van der Waals surface area contributed by atoms with E-state index in [2.05, 4.69) is 5.32 Å². The molecule has 0 fully saturated rings. The van der Waals surface area contributed by atoms with Gasteiger partial charge in [-0.15, -0.1) is 12.4 Å². The summed E-state index contributed by atoms with van der Waals surface area (Å²) in [5.41, 5.74) is 12.5. The van der Waals surface area contributed by atoms with Crippen LogP contribution in [0.3, 0.4) is 0 Å². The van der Waals surface area contributed by atoms with E-state index in [0.29, 0.717) is 24.2 Å². The van der Waals surface area contributed by atoms with Gasteiger partial charge in [-0.1, -0.05) is 18.9 Å². The molecule has 0 bridgehead atoms. The lowest BCUT2D eigenvalue weighted by molar-refractivity contribution is -0.116. The Balaban J connectivity index is 0.00000400. The fraction of sp³-hybridized carbons (Fsp3) is 0.467. The van der Waals surface area contributed by atoms with Crippen molar-refractivity contribution in [3.05, 3.63) is 29.3 Å². The molecule has 2 amide bonds. The second-order valence-electron chi connectivity index (χ2n) is 4.90. The monoisotopic (exact) mass is 313 g/mol. The average Bonchev–Trinajstić information content (AvgIpc) is 2.40. The van der Waals surface area contributed by atoms with Gasteiger partial charge in [0.25, 0.3) is 0 Å². The maximum absolute atomic E-state index is 11.8. The molecule has 0 aliphatic carbocycles. The summed E-state index contributed by atoms with van der Waals surface area (Å²) in [7, 11) is 0. The number of nitrogens with one attached hydrogen (secondary N) is 1. The first kappa shape index (κ1) is 19.4. The lowest BCUT2D eigenvalue weighted by Crippen LogP contribution is -2.15. The van der Waals surface area contributed by atoms with Gasteiger partial charge >= 0.3 is 0 Å². The predicted octanol–water partition coefficient (Wildman–Crippen LogP) is 2.36. The quantitative estimate of drug-likeness (QED) is 0.642. The molecule has 0 saturated carbocycles. The summed E-state index contributed by atoms with van der Waals surface area (Å²) in [6.07, 6.45) is 4.39. The van der Waals surface area contributed by atoms with Crippen LogP contribution in [0, 0.1) is 6.92 Å². The Morgan fingerprint density at radius 1 is 1.14 bits per heavy atom. The number of hydrogen-bond donors (Lipinski definition) is 3. The standard InChI is InChI=1S/C15H23N3O2.ClH/c1-11-7-8-12(10-13(11)15(17)20)18-14(19)6-4-2-3-5-9-16;/h7-8,10H,2-6,9,16H2,1H3,(H2,17,20)(H,18,19);1H. The highest BCUT2D eigenvalue weighted by Crippen LogP contribution is 2.15. The number of benzene rings is 1. The Labute approximate surface area is 131 Å². The van der Waals surface area contributed by atoms with Crippen molar-refractivity contribution >= 4 is 29.9 Å². The molecular weight excluding hydrogens is 290 g/mol. The molecule has 0 saturated heterocycles. The first-order valence-electron chi connectivity index (χ1n) is 6.95. The zero-order valence-corrected chi connectivity index (χ0v) is 13.2. The second-order valence-corrected chi connectivity index (χ2v) is 4.90. The van der Waals surface area contributed by atoms with Crippen LogP contribution in [-0.2, 0) is 4.79 Å². The molecule has 5 nitrogen and oxygen atoms in total. The van der Waals surface area contributed by atoms with E-state index in [4.69, 9.17) is 11.5 Å². The van der Waals surface area contributed by atoms with Crippen LogP contribution in [0.4, 0.5) is 5.69 Å². The van der Waals surface area contributed by atoms with Gasteiger partial charge in [0.05, 0.1) is 0 Å². The molecule has 0 aliphatic heterocycles. The van der Waals surface area contributed by atoms with Crippen LogP contribution in [0.25, 0.3) is 0 Å². The van der Waals surface area contributed by atoms with Crippen molar-refractivity contribution in [1.82, 2.24) is 0 Å². The Morgan fingerprint density at radius 2 is 1.81 bits per heavy atom. The number of primary amides is 1. The van der Waals surface area contributed by atoms with E-state index in [9.17, 15) is 9.59 Å². The number of nitrogens with two attached hydrogens (primary N) is 2. The number of rotatable bonds is 8. The highest BCUT2D eigenvalue weighted by molar-refractivity contribution is 5.97. The number of hydrogen-bond acceptors (Lipinski definition) is 3. The summed E-state index contributed by atoms with van der Waals surface area (Å²) in [6.45, 7) is 2.51. The number of aryl methyl sites for hydroxylation is 1. The Morgan fingerprint density at radius 3 is 2.43 bits per heavy atom. The number of anilines is 1. The molecule has 1 aromatic rings. The van der Waals surface area contributed by atoms with E-state index in [0.717, 1.165) is 31.2 Å². The fourth-order valence-electron chi connectivity index (χ4n) is 1.97. The van der Waals surface area contributed by atoms with E-state index in [1.165, 1.54) is 0 Å². The van der Waals surface area contributed by atoms with Crippen LogP contribution in [0.2, 0.25) is 0 Å². The minimum Gasteiger partial charge on any atom is -0.366 e. The van der Waals surface area contributed by atoms with Crippen molar-refractivity contribution in [2.75, 3.05) is 11.9 Å². The third kappa shape index (κ3) is 7.11.